The molecule has 1 aromatic carbocycles. The van der Waals surface area contributed by atoms with Crippen molar-refractivity contribution in [3.05, 3.63) is 57.2 Å². The molecule has 0 saturated heterocycles. The first-order valence-corrected chi connectivity index (χ1v) is 7.67. The standard InChI is InChI=1S/C16H17ClN4O.CO2/c1-4-13-12(15(17)21-16(18)20-13)8-11-7-10(9-19-2)5-6-14(11)22-3;2-1-3/h5-7H,4,8-9H2,1,3H3,(H2,18,20,21);. The Hall–Kier alpha value is -2.94. The minimum atomic E-state index is 0.180. The molecule has 0 aliphatic carbocycles. The SMILES string of the molecule is O=C=O.[C-]#[N+]Cc1ccc(OC)c(Cc2c(Cl)nc(N)nc2CC)c1. The third kappa shape index (κ3) is 5.57. The van der Waals surface area contributed by atoms with Gasteiger partial charge in [-0.15, -0.1) is 0 Å². The predicted molar refractivity (Wildman–Crippen MR) is 91.9 cm³/mol. The van der Waals surface area contributed by atoms with E-state index in [-0.39, 0.29) is 12.1 Å². The lowest BCUT2D eigenvalue weighted by molar-refractivity contribution is -0.191. The van der Waals surface area contributed by atoms with Crippen LogP contribution in [-0.2, 0) is 29.0 Å². The molecule has 0 amide bonds. The minimum absolute atomic E-state index is 0.180. The van der Waals surface area contributed by atoms with Gasteiger partial charge >= 0.3 is 6.15 Å². The summed E-state index contributed by atoms with van der Waals surface area (Å²) >= 11 is 6.24. The fourth-order valence-electron chi connectivity index (χ4n) is 2.34. The van der Waals surface area contributed by atoms with Gasteiger partial charge < -0.3 is 15.3 Å². The maximum Gasteiger partial charge on any atom is 0.373 e. The zero-order valence-electron chi connectivity index (χ0n) is 13.9. The van der Waals surface area contributed by atoms with E-state index in [9.17, 15) is 0 Å². The first-order chi connectivity index (χ1) is 12.0. The van der Waals surface area contributed by atoms with Crippen LogP contribution >= 0.6 is 11.6 Å². The average molecular weight is 361 g/mol. The third-order valence-electron chi connectivity index (χ3n) is 3.37. The molecule has 0 fully saturated rings. The molecule has 130 valence electrons. The Labute approximate surface area is 150 Å². The van der Waals surface area contributed by atoms with Gasteiger partial charge in [0, 0.05) is 17.5 Å². The van der Waals surface area contributed by atoms with E-state index in [1.54, 1.807) is 7.11 Å². The van der Waals surface area contributed by atoms with E-state index >= 15 is 0 Å². The van der Waals surface area contributed by atoms with E-state index in [1.807, 2.05) is 25.1 Å². The molecule has 0 spiro atoms. The first-order valence-electron chi connectivity index (χ1n) is 7.29. The molecule has 2 aromatic rings. The maximum absolute atomic E-state index is 8.12. The monoisotopic (exact) mass is 360 g/mol. The molecular weight excluding hydrogens is 344 g/mol. The van der Waals surface area contributed by atoms with E-state index in [0.717, 1.165) is 28.1 Å². The molecule has 2 rings (SSSR count). The van der Waals surface area contributed by atoms with Crippen LogP contribution in [0.15, 0.2) is 18.2 Å². The van der Waals surface area contributed by atoms with Crippen LogP contribution in [-0.4, -0.2) is 23.2 Å². The molecule has 0 aliphatic heterocycles. The van der Waals surface area contributed by atoms with Crippen LogP contribution in [0.2, 0.25) is 5.15 Å². The third-order valence-corrected chi connectivity index (χ3v) is 3.68. The van der Waals surface area contributed by atoms with Crippen molar-refractivity contribution in [1.29, 1.82) is 0 Å². The van der Waals surface area contributed by atoms with Gasteiger partial charge in [-0.05, 0) is 30.2 Å². The van der Waals surface area contributed by atoms with Crippen LogP contribution in [0.4, 0.5) is 5.95 Å². The van der Waals surface area contributed by atoms with Crippen LogP contribution < -0.4 is 10.5 Å². The summed E-state index contributed by atoms with van der Waals surface area (Å²) in [6.07, 6.45) is 1.50. The van der Waals surface area contributed by atoms with Gasteiger partial charge in [-0.25, -0.2) is 16.5 Å². The van der Waals surface area contributed by atoms with E-state index in [0.29, 0.717) is 24.5 Å². The molecule has 1 heterocycles. The number of benzene rings is 1. The van der Waals surface area contributed by atoms with Crippen molar-refractivity contribution >= 4 is 23.7 Å². The zero-order chi connectivity index (χ0) is 18.8. The zero-order valence-corrected chi connectivity index (χ0v) is 14.6. The topological polar surface area (TPSA) is 99.5 Å². The van der Waals surface area contributed by atoms with E-state index in [4.69, 9.17) is 38.2 Å². The van der Waals surface area contributed by atoms with Gasteiger partial charge in [0.15, 0.2) is 0 Å². The van der Waals surface area contributed by atoms with Gasteiger partial charge in [0.05, 0.1) is 12.8 Å². The summed E-state index contributed by atoms with van der Waals surface area (Å²) in [5.41, 5.74) is 9.22. The van der Waals surface area contributed by atoms with Crippen molar-refractivity contribution in [1.82, 2.24) is 9.97 Å². The summed E-state index contributed by atoms with van der Waals surface area (Å²) in [7, 11) is 1.62. The summed E-state index contributed by atoms with van der Waals surface area (Å²) < 4.78 is 5.40. The van der Waals surface area contributed by atoms with Gasteiger partial charge in [0.25, 0.3) is 0 Å². The van der Waals surface area contributed by atoms with Crippen LogP contribution in [0.1, 0.15) is 29.3 Å². The van der Waals surface area contributed by atoms with Crippen LogP contribution in [0, 0.1) is 6.57 Å². The number of ether oxygens (including phenoxy) is 1. The highest BCUT2D eigenvalue weighted by atomic mass is 35.5. The van der Waals surface area contributed by atoms with Crippen molar-refractivity contribution in [2.45, 2.75) is 26.3 Å². The van der Waals surface area contributed by atoms with E-state index in [2.05, 4.69) is 14.8 Å². The Bertz CT molecular complexity index is 812. The summed E-state index contributed by atoms with van der Waals surface area (Å²) in [6.45, 7) is 9.32. The second kappa shape index (κ2) is 10.0. The number of nitrogens with zero attached hydrogens (tertiary/aromatic N) is 3. The molecule has 2 N–H and O–H groups in total. The van der Waals surface area contributed by atoms with Crippen LogP contribution in [0.5, 0.6) is 5.75 Å². The second-order valence-corrected chi connectivity index (χ2v) is 5.23. The number of carbonyl (C=O) groups excluding carboxylic acids is 2. The fraction of sp³-hybridized carbons (Fsp3) is 0.294. The molecule has 1 aromatic heterocycles. The quantitative estimate of drug-likeness (QED) is 0.650. The molecule has 0 bridgehead atoms. The van der Waals surface area contributed by atoms with E-state index < -0.39 is 0 Å². The van der Waals surface area contributed by atoms with Gasteiger partial charge in [-0.2, -0.15) is 9.59 Å². The van der Waals surface area contributed by atoms with Crippen molar-refractivity contribution in [3.63, 3.8) is 0 Å². The summed E-state index contributed by atoms with van der Waals surface area (Å²) in [6, 6.07) is 5.72. The molecule has 0 atom stereocenters. The molecule has 0 aliphatic rings. The number of nitrogens with two attached hydrogens (primary N) is 1. The Morgan fingerprint density at radius 3 is 2.60 bits per heavy atom. The van der Waals surface area contributed by atoms with Gasteiger partial charge in [0.2, 0.25) is 12.5 Å². The number of rotatable bonds is 5. The summed E-state index contributed by atoms with van der Waals surface area (Å²) in [5.74, 6) is 0.933. The average Bonchev–Trinajstić information content (AvgIpc) is 2.58. The van der Waals surface area contributed by atoms with Crippen LogP contribution in [0.3, 0.4) is 0 Å². The highest BCUT2D eigenvalue weighted by Gasteiger charge is 2.15. The number of anilines is 1. The Morgan fingerprint density at radius 1 is 1.36 bits per heavy atom. The molecule has 0 radical (unpaired) electrons. The Balaban J connectivity index is 0.000000970. The van der Waals surface area contributed by atoms with Crippen molar-refractivity contribution in [3.8, 4) is 5.75 Å². The van der Waals surface area contributed by atoms with Crippen molar-refractivity contribution in [2.24, 2.45) is 0 Å². The normalized spacial score (nSPS) is 9.36. The Kier molecular flexibility index (Phi) is 8.07. The molecule has 25 heavy (non-hydrogen) atoms. The second-order valence-electron chi connectivity index (χ2n) is 4.87. The predicted octanol–water partition coefficient (Wildman–Crippen LogP) is 2.71. The number of nitrogen functional groups attached to an aromatic ring is 1. The summed E-state index contributed by atoms with van der Waals surface area (Å²) in [5, 5.41) is 0.363. The maximum atomic E-state index is 8.12. The van der Waals surface area contributed by atoms with E-state index in [1.165, 1.54) is 0 Å². The van der Waals surface area contributed by atoms with Crippen molar-refractivity contribution in [2.75, 3.05) is 12.8 Å². The lowest BCUT2D eigenvalue weighted by Crippen LogP contribution is -2.06. The number of hydrogen-bond donors (Lipinski definition) is 1. The molecule has 8 heteroatoms. The highest BCUT2D eigenvalue weighted by molar-refractivity contribution is 6.30. The molecule has 7 nitrogen and oxygen atoms in total. The molecular formula is C17H17ClN4O3. The highest BCUT2D eigenvalue weighted by Crippen LogP contribution is 2.28. The van der Waals surface area contributed by atoms with Gasteiger partial charge in [0.1, 0.15) is 10.9 Å². The van der Waals surface area contributed by atoms with Crippen LogP contribution in [0.25, 0.3) is 4.85 Å². The first kappa shape index (κ1) is 20.1. The number of halogens is 1. The number of hydrogen-bond acceptors (Lipinski definition) is 6. The minimum Gasteiger partial charge on any atom is -0.496 e. The lowest BCUT2D eigenvalue weighted by atomic mass is 10.0. The lowest BCUT2D eigenvalue weighted by Gasteiger charge is -2.13. The van der Waals surface area contributed by atoms with Gasteiger partial charge in [-0.3, -0.25) is 0 Å². The molecule has 0 unspecified atom stereocenters. The largest absolute Gasteiger partial charge is 0.496 e. The number of aromatic nitrogens is 2. The summed E-state index contributed by atoms with van der Waals surface area (Å²) in [4.78, 5) is 28.0. The smallest absolute Gasteiger partial charge is 0.373 e. The number of aryl methyl sites for hydroxylation is 1. The Morgan fingerprint density at radius 2 is 2.04 bits per heavy atom. The van der Waals surface area contributed by atoms with Gasteiger partial charge in [-0.1, -0.05) is 18.5 Å². The number of methoxy groups -OCH3 is 1. The fourth-order valence-corrected chi connectivity index (χ4v) is 2.60. The molecule has 0 saturated carbocycles. The van der Waals surface area contributed by atoms with Crippen molar-refractivity contribution < 1.29 is 14.3 Å².